The Kier molecular flexibility index (Phi) is 5.25. The highest BCUT2D eigenvalue weighted by Gasteiger charge is 2.20. The van der Waals surface area contributed by atoms with E-state index in [2.05, 4.69) is 0 Å². The molecule has 1 aromatic rings. The Balaban J connectivity index is 2.91. The Hall–Kier alpha value is -1.26. The van der Waals surface area contributed by atoms with E-state index in [4.69, 9.17) is 26.2 Å². The van der Waals surface area contributed by atoms with Crippen LogP contribution >= 0.6 is 11.6 Å². The highest BCUT2D eigenvalue weighted by atomic mass is 35.5. The lowest BCUT2D eigenvalue weighted by Gasteiger charge is -2.14. The predicted molar refractivity (Wildman–Crippen MR) is 64.8 cm³/mol. The molecule has 0 amide bonds. The summed E-state index contributed by atoms with van der Waals surface area (Å²) in [6.45, 7) is 2.10. The predicted octanol–water partition coefficient (Wildman–Crippen LogP) is 2.38. The third-order valence-corrected chi connectivity index (χ3v) is 2.53. The molecule has 0 saturated heterocycles. The minimum Gasteiger partial charge on any atom is -0.496 e. The van der Waals surface area contributed by atoms with Gasteiger partial charge in [-0.1, -0.05) is 11.6 Å². The molecule has 0 aliphatic rings. The number of ether oxygens (including phenoxy) is 2. The molecule has 5 heteroatoms. The Morgan fingerprint density at radius 1 is 1.53 bits per heavy atom. The quantitative estimate of drug-likeness (QED) is 0.851. The third kappa shape index (κ3) is 3.91. The van der Waals surface area contributed by atoms with Gasteiger partial charge in [-0.05, 0) is 30.7 Å². The van der Waals surface area contributed by atoms with Crippen molar-refractivity contribution in [3.05, 3.63) is 28.8 Å². The summed E-state index contributed by atoms with van der Waals surface area (Å²) >= 11 is 5.87. The smallest absolute Gasteiger partial charge is 0.333 e. The zero-order valence-electron chi connectivity index (χ0n) is 9.77. The fourth-order valence-electron chi connectivity index (χ4n) is 1.53. The number of benzene rings is 1. The molecule has 0 radical (unpaired) electrons. The number of carboxylic acids is 1. The molecular formula is C12H15ClO4. The lowest BCUT2D eigenvalue weighted by molar-refractivity contribution is -0.149. The van der Waals surface area contributed by atoms with E-state index in [1.54, 1.807) is 25.1 Å². The number of halogens is 1. The van der Waals surface area contributed by atoms with Crippen LogP contribution < -0.4 is 4.74 Å². The molecule has 0 fully saturated rings. The van der Waals surface area contributed by atoms with Crippen LogP contribution in [-0.4, -0.2) is 30.9 Å². The van der Waals surface area contributed by atoms with Crippen molar-refractivity contribution in [1.29, 1.82) is 0 Å². The van der Waals surface area contributed by atoms with E-state index in [9.17, 15) is 4.79 Å². The van der Waals surface area contributed by atoms with Gasteiger partial charge in [-0.25, -0.2) is 4.79 Å². The molecule has 0 aliphatic carbocycles. The lowest BCUT2D eigenvalue weighted by atomic mass is 10.1. The lowest BCUT2D eigenvalue weighted by Crippen LogP contribution is -2.26. The largest absolute Gasteiger partial charge is 0.496 e. The summed E-state index contributed by atoms with van der Waals surface area (Å²) in [6.07, 6.45) is -0.653. The number of methoxy groups -OCH3 is 1. The molecule has 0 saturated carbocycles. The van der Waals surface area contributed by atoms with Crippen LogP contribution in [0.25, 0.3) is 0 Å². The van der Waals surface area contributed by atoms with Crippen LogP contribution in [0.15, 0.2) is 18.2 Å². The summed E-state index contributed by atoms with van der Waals surface area (Å²) in [6, 6.07) is 5.10. The Morgan fingerprint density at radius 2 is 2.24 bits per heavy atom. The Morgan fingerprint density at radius 3 is 2.76 bits per heavy atom. The van der Waals surface area contributed by atoms with Gasteiger partial charge in [-0.3, -0.25) is 0 Å². The van der Waals surface area contributed by atoms with E-state index in [0.29, 0.717) is 17.4 Å². The third-order valence-electron chi connectivity index (χ3n) is 2.29. The molecule has 0 aliphatic heterocycles. The SMILES string of the molecule is CCOC(Cc1cc(Cl)ccc1OC)C(=O)O. The maximum Gasteiger partial charge on any atom is 0.333 e. The van der Waals surface area contributed by atoms with Gasteiger partial charge in [0.2, 0.25) is 0 Å². The number of hydrogen-bond acceptors (Lipinski definition) is 3. The molecule has 1 N–H and O–H groups in total. The van der Waals surface area contributed by atoms with Crippen LogP contribution in [0.3, 0.4) is 0 Å². The first-order valence-corrected chi connectivity index (χ1v) is 5.63. The number of carbonyl (C=O) groups is 1. The number of carboxylic acid groups (broad SMARTS) is 1. The topological polar surface area (TPSA) is 55.8 Å². The van der Waals surface area contributed by atoms with Gasteiger partial charge in [-0.15, -0.1) is 0 Å². The van der Waals surface area contributed by atoms with Gasteiger partial charge < -0.3 is 14.6 Å². The molecule has 0 bridgehead atoms. The standard InChI is InChI=1S/C12H15ClO4/c1-3-17-11(12(14)15)7-8-6-9(13)4-5-10(8)16-2/h4-6,11H,3,7H2,1-2H3,(H,14,15). The van der Waals surface area contributed by atoms with Crippen molar-refractivity contribution in [3.8, 4) is 5.75 Å². The molecule has 0 aromatic heterocycles. The first kappa shape index (κ1) is 13.8. The number of hydrogen-bond donors (Lipinski definition) is 1. The molecule has 1 unspecified atom stereocenters. The molecule has 0 spiro atoms. The Bertz CT molecular complexity index is 392. The summed E-state index contributed by atoms with van der Waals surface area (Å²) in [5, 5.41) is 9.54. The molecular weight excluding hydrogens is 244 g/mol. The van der Waals surface area contributed by atoms with Crippen molar-refractivity contribution in [3.63, 3.8) is 0 Å². The monoisotopic (exact) mass is 258 g/mol. The van der Waals surface area contributed by atoms with Crippen molar-refractivity contribution in [2.75, 3.05) is 13.7 Å². The molecule has 17 heavy (non-hydrogen) atoms. The van der Waals surface area contributed by atoms with Crippen molar-refractivity contribution in [2.24, 2.45) is 0 Å². The first-order valence-electron chi connectivity index (χ1n) is 5.25. The van der Waals surface area contributed by atoms with Gasteiger partial charge >= 0.3 is 5.97 Å². The number of aliphatic carboxylic acids is 1. The molecule has 94 valence electrons. The highest BCUT2D eigenvalue weighted by Crippen LogP contribution is 2.24. The van der Waals surface area contributed by atoms with Crippen LogP contribution in [-0.2, 0) is 16.0 Å². The van der Waals surface area contributed by atoms with Crippen LogP contribution in [0.1, 0.15) is 12.5 Å². The van der Waals surface area contributed by atoms with E-state index < -0.39 is 12.1 Å². The Labute approximate surface area is 105 Å². The minimum atomic E-state index is -0.992. The van der Waals surface area contributed by atoms with Gasteiger partial charge in [0.25, 0.3) is 0 Å². The normalized spacial score (nSPS) is 12.2. The van der Waals surface area contributed by atoms with Gasteiger partial charge in [0, 0.05) is 18.1 Å². The van der Waals surface area contributed by atoms with Gasteiger partial charge in [0.1, 0.15) is 5.75 Å². The van der Waals surface area contributed by atoms with Gasteiger partial charge in [-0.2, -0.15) is 0 Å². The van der Waals surface area contributed by atoms with Gasteiger partial charge in [0.05, 0.1) is 7.11 Å². The van der Waals surface area contributed by atoms with Crippen LogP contribution in [0.2, 0.25) is 5.02 Å². The zero-order valence-corrected chi connectivity index (χ0v) is 10.5. The summed E-state index contributed by atoms with van der Waals surface area (Å²) in [5.41, 5.74) is 0.723. The summed E-state index contributed by atoms with van der Waals surface area (Å²) < 4.78 is 10.3. The van der Waals surface area contributed by atoms with Gasteiger partial charge in [0.15, 0.2) is 6.10 Å². The molecule has 1 atom stereocenters. The van der Waals surface area contributed by atoms with Crippen LogP contribution in [0.5, 0.6) is 5.75 Å². The second kappa shape index (κ2) is 6.47. The first-order chi connectivity index (χ1) is 8.08. The maximum absolute atomic E-state index is 11.0. The number of rotatable bonds is 6. The molecule has 0 heterocycles. The average Bonchev–Trinajstić information content (AvgIpc) is 2.28. The maximum atomic E-state index is 11.0. The molecule has 1 aromatic carbocycles. The van der Waals surface area contributed by atoms with Crippen LogP contribution in [0, 0.1) is 0 Å². The fourth-order valence-corrected chi connectivity index (χ4v) is 1.72. The van der Waals surface area contributed by atoms with Crippen molar-refractivity contribution >= 4 is 17.6 Å². The van der Waals surface area contributed by atoms with Crippen molar-refractivity contribution < 1.29 is 19.4 Å². The second-order valence-corrected chi connectivity index (χ2v) is 3.88. The molecule has 1 rings (SSSR count). The minimum absolute atomic E-state index is 0.229. The molecule has 4 nitrogen and oxygen atoms in total. The summed E-state index contributed by atoms with van der Waals surface area (Å²) in [4.78, 5) is 11.0. The second-order valence-electron chi connectivity index (χ2n) is 3.44. The van der Waals surface area contributed by atoms with E-state index in [1.165, 1.54) is 7.11 Å². The summed E-state index contributed by atoms with van der Waals surface area (Å²) in [7, 11) is 1.53. The van der Waals surface area contributed by atoms with E-state index in [1.807, 2.05) is 0 Å². The van der Waals surface area contributed by atoms with Crippen LogP contribution in [0.4, 0.5) is 0 Å². The summed E-state index contributed by atoms with van der Waals surface area (Å²) in [5.74, 6) is -0.380. The van der Waals surface area contributed by atoms with Crippen molar-refractivity contribution in [1.82, 2.24) is 0 Å². The van der Waals surface area contributed by atoms with E-state index >= 15 is 0 Å². The van der Waals surface area contributed by atoms with E-state index in [0.717, 1.165) is 5.56 Å². The average molecular weight is 259 g/mol. The fraction of sp³-hybridized carbons (Fsp3) is 0.417. The highest BCUT2D eigenvalue weighted by molar-refractivity contribution is 6.30. The zero-order chi connectivity index (χ0) is 12.8. The van der Waals surface area contributed by atoms with Crippen molar-refractivity contribution in [2.45, 2.75) is 19.4 Å². The van der Waals surface area contributed by atoms with E-state index in [-0.39, 0.29) is 6.42 Å².